The average molecular weight is 236 g/mol. The van der Waals surface area contributed by atoms with E-state index in [1.54, 1.807) is 6.20 Å². The molecule has 88 valence electrons. The zero-order chi connectivity index (χ0) is 12.5. The molecule has 18 heavy (non-hydrogen) atoms. The summed E-state index contributed by atoms with van der Waals surface area (Å²) < 4.78 is 0. The van der Waals surface area contributed by atoms with E-state index in [2.05, 4.69) is 15.0 Å². The highest BCUT2D eigenvalue weighted by Crippen LogP contribution is 2.22. The van der Waals surface area contributed by atoms with Crippen LogP contribution in [0.25, 0.3) is 22.2 Å². The molecule has 0 radical (unpaired) electrons. The van der Waals surface area contributed by atoms with E-state index in [1.807, 2.05) is 43.5 Å². The van der Waals surface area contributed by atoms with Crippen molar-refractivity contribution in [2.24, 2.45) is 0 Å². The van der Waals surface area contributed by atoms with Crippen molar-refractivity contribution in [3.63, 3.8) is 0 Å². The number of aromatic nitrogens is 3. The zero-order valence-corrected chi connectivity index (χ0v) is 9.96. The van der Waals surface area contributed by atoms with Crippen LogP contribution in [0.4, 0.5) is 5.95 Å². The van der Waals surface area contributed by atoms with Gasteiger partial charge < -0.3 is 5.73 Å². The van der Waals surface area contributed by atoms with E-state index >= 15 is 0 Å². The second kappa shape index (κ2) is 4.07. The normalized spacial score (nSPS) is 10.7. The van der Waals surface area contributed by atoms with Crippen molar-refractivity contribution in [2.45, 2.75) is 6.92 Å². The highest BCUT2D eigenvalue weighted by molar-refractivity contribution is 5.83. The lowest BCUT2D eigenvalue weighted by molar-refractivity contribution is 1.24. The van der Waals surface area contributed by atoms with Crippen molar-refractivity contribution in [1.82, 2.24) is 15.0 Å². The molecule has 2 aromatic heterocycles. The van der Waals surface area contributed by atoms with Gasteiger partial charge in [-0.05, 0) is 30.7 Å². The Morgan fingerprint density at radius 3 is 2.78 bits per heavy atom. The minimum Gasteiger partial charge on any atom is -0.368 e. The third-order valence-electron chi connectivity index (χ3n) is 2.81. The number of rotatable bonds is 1. The maximum atomic E-state index is 5.60. The number of aryl methyl sites for hydroxylation is 1. The molecule has 3 rings (SSSR count). The van der Waals surface area contributed by atoms with E-state index in [9.17, 15) is 0 Å². The molecule has 0 fully saturated rings. The number of fused-ring (bicyclic) bond motifs is 1. The second-order valence-corrected chi connectivity index (χ2v) is 4.22. The van der Waals surface area contributed by atoms with Crippen molar-refractivity contribution >= 4 is 16.9 Å². The molecular formula is C14H12N4. The van der Waals surface area contributed by atoms with Gasteiger partial charge in [0.2, 0.25) is 5.95 Å². The molecule has 0 aliphatic carbocycles. The largest absolute Gasteiger partial charge is 0.368 e. The topological polar surface area (TPSA) is 64.7 Å². The minimum absolute atomic E-state index is 0.289. The molecule has 0 saturated heterocycles. The predicted octanol–water partition coefficient (Wildman–Crippen LogP) is 2.58. The van der Waals surface area contributed by atoms with E-state index in [-0.39, 0.29) is 5.95 Å². The Kier molecular flexibility index (Phi) is 2.41. The van der Waals surface area contributed by atoms with Crippen molar-refractivity contribution in [2.75, 3.05) is 5.73 Å². The maximum absolute atomic E-state index is 5.60. The first-order valence-corrected chi connectivity index (χ1v) is 5.68. The molecule has 2 heterocycles. The first-order valence-electron chi connectivity index (χ1n) is 5.68. The number of nitrogens with two attached hydrogens (primary N) is 1. The summed E-state index contributed by atoms with van der Waals surface area (Å²) in [5, 5.41) is 0.973. The van der Waals surface area contributed by atoms with Gasteiger partial charge >= 0.3 is 0 Å². The van der Waals surface area contributed by atoms with E-state index in [0.717, 1.165) is 22.2 Å². The summed E-state index contributed by atoms with van der Waals surface area (Å²) in [5.41, 5.74) is 9.59. The van der Waals surface area contributed by atoms with Crippen LogP contribution >= 0.6 is 0 Å². The Morgan fingerprint density at radius 2 is 1.94 bits per heavy atom. The van der Waals surface area contributed by atoms with Crippen LogP contribution in [0.2, 0.25) is 0 Å². The molecule has 0 unspecified atom stereocenters. The molecule has 2 N–H and O–H groups in total. The molecule has 0 aliphatic heterocycles. The fraction of sp³-hybridized carbons (Fsp3) is 0.0714. The Labute approximate surface area is 105 Å². The van der Waals surface area contributed by atoms with Crippen LogP contribution in [0.5, 0.6) is 0 Å². The number of benzene rings is 1. The lowest BCUT2D eigenvalue weighted by atomic mass is 10.1. The van der Waals surface area contributed by atoms with Crippen molar-refractivity contribution in [1.29, 1.82) is 0 Å². The monoisotopic (exact) mass is 236 g/mol. The minimum atomic E-state index is 0.289. The molecule has 0 spiro atoms. The Bertz CT molecular complexity index is 722. The van der Waals surface area contributed by atoms with Crippen molar-refractivity contribution in [3.05, 3.63) is 48.3 Å². The Balaban J connectivity index is 2.18. The lowest BCUT2D eigenvalue weighted by Crippen LogP contribution is -1.94. The van der Waals surface area contributed by atoms with Crippen LogP contribution in [0.1, 0.15) is 5.56 Å². The first kappa shape index (κ1) is 10.7. The van der Waals surface area contributed by atoms with Crippen LogP contribution in [-0.4, -0.2) is 15.0 Å². The molecule has 1 aromatic carbocycles. The van der Waals surface area contributed by atoms with Gasteiger partial charge in [0, 0.05) is 23.3 Å². The average Bonchev–Trinajstić information content (AvgIpc) is 2.38. The van der Waals surface area contributed by atoms with Crippen LogP contribution < -0.4 is 5.73 Å². The number of nitrogen functional groups attached to an aromatic ring is 1. The van der Waals surface area contributed by atoms with Crippen molar-refractivity contribution in [3.8, 4) is 11.3 Å². The van der Waals surface area contributed by atoms with Gasteiger partial charge in [-0.25, -0.2) is 9.97 Å². The van der Waals surface area contributed by atoms with E-state index < -0.39 is 0 Å². The summed E-state index contributed by atoms with van der Waals surface area (Å²) in [6, 6.07) is 10.0. The molecule has 4 nitrogen and oxygen atoms in total. The molecular weight excluding hydrogens is 224 g/mol. The van der Waals surface area contributed by atoms with Gasteiger partial charge in [0.15, 0.2) is 0 Å². The van der Waals surface area contributed by atoms with Gasteiger partial charge in [0.25, 0.3) is 0 Å². The van der Waals surface area contributed by atoms with Gasteiger partial charge in [0.1, 0.15) is 0 Å². The number of hydrogen-bond donors (Lipinski definition) is 1. The molecule has 0 amide bonds. The lowest BCUT2D eigenvalue weighted by Gasteiger charge is -2.04. The third-order valence-corrected chi connectivity index (χ3v) is 2.81. The zero-order valence-electron chi connectivity index (χ0n) is 9.96. The smallest absolute Gasteiger partial charge is 0.220 e. The predicted molar refractivity (Wildman–Crippen MR) is 71.9 cm³/mol. The molecule has 0 saturated carbocycles. The third kappa shape index (κ3) is 1.88. The molecule has 3 aromatic rings. The van der Waals surface area contributed by atoms with E-state index in [0.29, 0.717) is 0 Å². The van der Waals surface area contributed by atoms with E-state index in [4.69, 9.17) is 5.73 Å². The summed E-state index contributed by atoms with van der Waals surface area (Å²) in [6.45, 7) is 2.05. The van der Waals surface area contributed by atoms with Crippen LogP contribution in [-0.2, 0) is 0 Å². The standard InChI is InChI=1S/C14H12N4/c1-9-4-5-16-12(6-9)10-2-3-11-8-17-14(15)18-13(11)7-10/h2-8H,1H3,(H2,15,17,18). The second-order valence-electron chi connectivity index (χ2n) is 4.22. The molecule has 4 heteroatoms. The van der Waals surface area contributed by atoms with Gasteiger partial charge in [0.05, 0.1) is 11.2 Å². The van der Waals surface area contributed by atoms with Crippen LogP contribution in [0.15, 0.2) is 42.7 Å². The highest BCUT2D eigenvalue weighted by atomic mass is 15.0. The SMILES string of the molecule is Cc1ccnc(-c2ccc3cnc(N)nc3c2)c1. The molecule has 0 bridgehead atoms. The Hall–Kier alpha value is -2.49. The summed E-state index contributed by atoms with van der Waals surface area (Å²) in [4.78, 5) is 12.6. The summed E-state index contributed by atoms with van der Waals surface area (Å²) in [5.74, 6) is 0.289. The van der Waals surface area contributed by atoms with Crippen molar-refractivity contribution < 1.29 is 0 Å². The molecule has 0 aliphatic rings. The van der Waals surface area contributed by atoms with Gasteiger partial charge in [-0.3, -0.25) is 4.98 Å². The number of hydrogen-bond acceptors (Lipinski definition) is 4. The quantitative estimate of drug-likeness (QED) is 0.705. The van der Waals surface area contributed by atoms with E-state index in [1.165, 1.54) is 5.56 Å². The number of anilines is 1. The van der Waals surface area contributed by atoms with Crippen LogP contribution in [0.3, 0.4) is 0 Å². The summed E-state index contributed by atoms with van der Waals surface area (Å²) in [6.07, 6.45) is 3.54. The van der Waals surface area contributed by atoms with Gasteiger partial charge in [-0.2, -0.15) is 0 Å². The fourth-order valence-corrected chi connectivity index (χ4v) is 1.89. The summed E-state index contributed by atoms with van der Waals surface area (Å²) >= 11 is 0. The number of pyridine rings is 1. The van der Waals surface area contributed by atoms with Gasteiger partial charge in [-0.1, -0.05) is 12.1 Å². The Morgan fingerprint density at radius 1 is 1.06 bits per heavy atom. The molecule has 0 atom stereocenters. The first-order chi connectivity index (χ1) is 8.72. The maximum Gasteiger partial charge on any atom is 0.220 e. The van der Waals surface area contributed by atoms with Crippen LogP contribution in [0, 0.1) is 6.92 Å². The fourth-order valence-electron chi connectivity index (χ4n) is 1.89. The van der Waals surface area contributed by atoms with Gasteiger partial charge in [-0.15, -0.1) is 0 Å². The summed E-state index contributed by atoms with van der Waals surface area (Å²) in [7, 11) is 0. The highest BCUT2D eigenvalue weighted by Gasteiger charge is 2.03. The number of nitrogens with zero attached hydrogens (tertiary/aromatic N) is 3.